The van der Waals surface area contributed by atoms with Gasteiger partial charge in [-0.25, -0.2) is 0 Å². The van der Waals surface area contributed by atoms with Crippen molar-refractivity contribution in [1.82, 2.24) is 5.32 Å². The van der Waals surface area contributed by atoms with Gasteiger partial charge in [-0.2, -0.15) is 0 Å². The molecule has 0 saturated heterocycles. The number of rotatable bonds is 5. The molecule has 1 unspecified atom stereocenters. The maximum Gasteiger partial charge on any atom is 0.119 e. The highest BCUT2D eigenvalue weighted by Crippen LogP contribution is 2.12. The molecular formula is C14H22NO2. The van der Waals surface area contributed by atoms with Crippen LogP contribution in [0.15, 0.2) is 24.3 Å². The number of hydrogen-bond donors (Lipinski definition) is 2. The van der Waals surface area contributed by atoms with Gasteiger partial charge in [0, 0.05) is 12.1 Å². The van der Waals surface area contributed by atoms with Gasteiger partial charge in [-0.1, -0.05) is 12.1 Å². The molecule has 0 aliphatic carbocycles. The number of ether oxygens (including phenoxy) is 1. The smallest absolute Gasteiger partial charge is 0.119 e. The van der Waals surface area contributed by atoms with Crippen molar-refractivity contribution in [1.29, 1.82) is 0 Å². The molecule has 17 heavy (non-hydrogen) atoms. The molecule has 0 aliphatic rings. The lowest BCUT2D eigenvalue weighted by Gasteiger charge is -2.23. The number of aliphatic hydroxyl groups is 1. The molecule has 0 aromatic heterocycles. The number of benzene rings is 1. The molecule has 0 heterocycles. The first-order chi connectivity index (χ1) is 7.87. The Bertz CT molecular complexity index is 344. The SMILES string of the molecule is [CH2]c1cccc(OCC(O)CNC(C)(C)C)c1. The van der Waals surface area contributed by atoms with Crippen LogP contribution in [0.1, 0.15) is 26.3 Å². The molecule has 1 radical (unpaired) electrons. The lowest BCUT2D eigenvalue weighted by Crippen LogP contribution is -2.42. The third kappa shape index (κ3) is 6.29. The van der Waals surface area contributed by atoms with Crippen molar-refractivity contribution in [3.8, 4) is 5.75 Å². The quantitative estimate of drug-likeness (QED) is 0.821. The minimum atomic E-state index is -0.511. The standard InChI is InChI=1S/C14H22NO2/c1-11-6-5-7-13(8-11)17-10-12(16)9-15-14(2,3)4/h5-8,12,15-16H,1,9-10H2,2-4H3. The fourth-order valence-corrected chi connectivity index (χ4v) is 1.31. The summed E-state index contributed by atoms with van der Waals surface area (Å²) >= 11 is 0. The Morgan fingerprint density at radius 1 is 1.41 bits per heavy atom. The van der Waals surface area contributed by atoms with Gasteiger partial charge < -0.3 is 15.2 Å². The summed E-state index contributed by atoms with van der Waals surface area (Å²) in [5, 5.41) is 13.0. The fourth-order valence-electron chi connectivity index (χ4n) is 1.31. The molecule has 0 saturated carbocycles. The zero-order valence-corrected chi connectivity index (χ0v) is 10.9. The molecule has 1 atom stereocenters. The molecule has 3 heteroatoms. The van der Waals surface area contributed by atoms with Crippen LogP contribution in [-0.4, -0.2) is 29.9 Å². The van der Waals surface area contributed by atoms with Crippen molar-refractivity contribution in [3.63, 3.8) is 0 Å². The van der Waals surface area contributed by atoms with Gasteiger partial charge in [0.15, 0.2) is 0 Å². The third-order valence-electron chi connectivity index (χ3n) is 2.21. The van der Waals surface area contributed by atoms with Crippen molar-refractivity contribution < 1.29 is 9.84 Å². The van der Waals surface area contributed by atoms with Crippen LogP contribution >= 0.6 is 0 Å². The molecule has 0 fully saturated rings. The number of hydrogen-bond acceptors (Lipinski definition) is 3. The summed E-state index contributed by atoms with van der Waals surface area (Å²) in [4.78, 5) is 0. The van der Waals surface area contributed by atoms with E-state index in [-0.39, 0.29) is 12.1 Å². The van der Waals surface area contributed by atoms with Crippen LogP contribution in [0.4, 0.5) is 0 Å². The molecule has 0 amide bonds. The van der Waals surface area contributed by atoms with Crippen molar-refractivity contribution in [2.45, 2.75) is 32.4 Å². The summed E-state index contributed by atoms with van der Waals surface area (Å²) in [6.45, 7) is 10.8. The first kappa shape index (κ1) is 14.0. The van der Waals surface area contributed by atoms with Gasteiger partial charge in [0.25, 0.3) is 0 Å². The van der Waals surface area contributed by atoms with E-state index in [0.717, 1.165) is 11.3 Å². The first-order valence-corrected chi connectivity index (χ1v) is 5.85. The summed E-state index contributed by atoms with van der Waals surface area (Å²) in [5.41, 5.74) is 0.915. The van der Waals surface area contributed by atoms with E-state index in [4.69, 9.17) is 4.74 Å². The highest BCUT2D eigenvalue weighted by molar-refractivity contribution is 5.29. The van der Waals surface area contributed by atoms with Crippen LogP contribution < -0.4 is 10.1 Å². The van der Waals surface area contributed by atoms with Crippen molar-refractivity contribution in [2.24, 2.45) is 0 Å². The molecular weight excluding hydrogens is 214 g/mol. The first-order valence-electron chi connectivity index (χ1n) is 5.85. The van der Waals surface area contributed by atoms with E-state index in [2.05, 4.69) is 33.0 Å². The van der Waals surface area contributed by atoms with E-state index < -0.39 is 6.10 Å². The zero-order valence-electron chi connectivity index (χ0n) is 10.9. The van der Waals surface area contributed by atoms with E-state index in [1.807, 2.05) is 24.3 Å². The maximum atomic E-state index is 9.74. The Morgan fingerprint density at radius 2 is 2.12 bits per heavy atom. The largest absolute Gasteiger partial charge is 0.491 e. The molecule has 1 rings (SSSR count). The summed E-state index contributed by atoms with van der Waals surface area (Å²) in [6.07, 6.45) is -0.511. The predicted molar refractivity (Wildman–Crippen MR) is 70.2 cm³/mol. The third-order valence-corrected chi connectivity index (χ3v) is 2.21. The molecule has 0 spiro atoms. The maximum absolute atomic E-state index is 9.74. The Kier molecular flexibility index (Phi) is 4.97. The van der Waals surface area contributed by atoms with E-state index in [1.54, 1.807) is 0 Å². The minimum absolute atomic E-state index is 0.00817. The molecule has 95 valence electrons. The van der Waals surface area contributed by atoms with Gasteiger partial charge in [0.1, 0.15) is 18.5 Å². The van der Waals surface area contributed by atoms with Gasteiger partial charge >= 0.3 is 0 Å². The van der Waals surface area contributed by atoms with Crippen molar-refractivity contribution in [2.75, 3.05) is 13.2 Å². The average molecular weight is 236 g/mol. The Morgan fingerprint density at radius 3 is 2.71 bits per heavy atom. The van der Waals surface area contributed by atoms with Gasteiger partial charge in [-0.3, -0.25) is 0 Å². The van der Waals surface area contributed by atoms with Gasteiger partial charge in [0.2, 0.25) is 0 Å². The summed E-state index contributed by atoms with van der Waals surface area (Å²) in [6, 6.07) is 7.50. The second kappa shape index (κ2) is 6.03. The zero-order chi connectivity index (χ0) is 12.9. The summed E-state index contributed by atoms with van der Waals surface area (Å²) in [7, 11) is 0. The average Bonchev–Trinajstić information content (AvgIpc) is 2.23. The molecule has 3 nitrogen and oxygen atoms in total. The summed E-state index contributed by atoms with van der Waals surface area (Å²) < 4.78 is 5.48. The molecule has 0 bridgehead atoms. The van der Waals surface area contributed by atoms with Crippen molar-refractivity contribution in [3.05, 3.63) is 36.8 Å². The summed E-state index contributed by atoms with van der Waals surface area (Å²) in [5.74, 6) is 0.743. The topological polar surface area (TPSA) is 41.5 Å². The van der Waals surface area contributed by atoms with Crippen LogP contribution in [0.3, 0.4) is 0 Å². The van der Waals surface area contributed by atoms with Crippen LogP contribution in [-0.2, 0) is 0 Å². The second-order valence-corrected chi connectivity index (χ2v) is 5.24. The van der Waals surface area contributed by atoms with Crippen LogP contribution in [0, 0.1) is 6.92 Å². The van der Waals surface area contributed by atoms with Gasteiger partial charge in [0.05, 0.1) is 0 Å². The number of aliphatic hydroxyl groups excluding tert-OH is 1. The number of β-amino-alcohol motifs (C(OH)–C–C–N with tert-alkyl or cyclic N) is 1. The van der Waals surface area contributed by atoms with E-state index in [1.165, 1.54) is 0 Å². The monoisotopic (exact) mass is 236 g/mol. The molecule has 1 aromatic carbocycles. The lowest BCUT2D eigenvalue weighted by atomic mass is 10.1. The Hall–Kier alpha value is -1.06. The van der Waals surface area contributed by atoms with E-state index >= 15 is 0 Å². The number of nitrogens with one attached hydrogen (secondary N) is 1. The highest BCUT2D eigenvalue weighted by atomic mass is 16.5. The van der Waals surface area contributed by atoms with Gasteiger partial charge in [-0.05, 0) is 45.4 Å². The minimum Gasteiger partial charge on any atom is -0.491 e. The van der Waals surface area contributed by atoms with E-state index in [9.17, 15) is 5.11 Å². The highest BCUT2D eigenvalue weighted by Gasteiger charge is 2.12. The van der Waals surface area contributed by atoms with Crippen LogP contribution in [0.5, 0.6) is 5.75 Å². The lowest BCUT2D eigenvalue weighted by molar-refractivity contribution is 0.100. The van der Waals surface area contributed by atoms with Crippen molar-refractivity contribution >= 4 is 0 Å². The van der Waals surface area contributed by atoms with E-state index in [0.29, 0.717) is 6.54 Å². The van der Waals surface area contributed by atoms with Gasteiger partial charge in [-0.15, -0.1) is 0 Å². The van der Waals surface area contributed by atoms with Crippen LogP contribution in [0.25, 0.3) is 0 Å². The molecule has 2 N–H and O–H groups in total. The fraction of sp³-hybridized carbons (Fsp3) is 0.500. The Balaban J connectivity index is 2.31. The second-order valence-electron chi connectivity index (χ2n) is 5.24. The van der Waals surface area contributed by atoms with Crippen LogP contribution in [0.2, 0.25) is 0 Å². The molecule has 0 aliphatic heterocycles. The Labute approximate surface area is 104 Å². The predicted octanol–water partition coefficient (Wildman–Crippen LogP) is 2.00. The normalized spacial score (nSPS) is 13.5. The molecule has 1 aromatic rings.